The number of hydrogen-bond acceptors (Lipinski definition) is 7. The highest BCUT2D eigenvalue weighted by Crippen LogP contribution is 2.14. The number of unbranched alkanes of at least 4 members (excludes halogenated alkanes) is 30. The fourth-order valence-corrected chi connectivity index (χ4v) is 6.98. The van der Waals surface area contributed by atoms with Gasteiger partial charge in [-0.2, -0.15) is 5.10 Å². The first-order valence-electron chi connectivity index (χ1n) is 28.5. The Balaban J connectivity index is -0.000000218. The number of methoxy groups -OCH3 is 1. The van der Waals surface area contributed by atoms with Crippen molar-refractivity contribution in [2.75, 3.05) is 81.4 Å². The van der Waals surface area contributed by atoms with Crippen molar-refractivity contribution in [3.63, 3.8) is 0 Å². The van der Waals surface area contributed by atoms with Crippen LogP contribution in [0, 0.1) is 0 Å². The molecule has 0 atom stereocenters. The second-order valence-electron chi connectivity index (χ2n) is 18.5. The van der Waals surface area contributed by atoms with E-state index in [1.54, 1.807) is 12.1 Å². The van der Waals surface area contributed by atoms with E-state index in [2.05, 4.69) is 82.6 Å². The second kappa shape index (κ2) is 79.4. The van der Waals surface area contributed by atoms with Crippen molar-refractivity contribution in [3.8, 4) is 0 Å². The first kappa shape index (κ1) is 74.8. The van der Waals surface area contributed by atoms with Crippen LogP contribution in [0.2, 0.25) is 0 Å². The quantitative estimate of drug-likeness (QED) is 0.0275. The molecule has 0 aromatic rings. The molecule has 0 saturated heterocycles. The third-order valence-corrected chi connectivity index (χ3v) is 10.9. The van der Waals surface area contributed by atoms with Crippen molar-refractivity contribution in [3.05, 3.63) is 0 Å². The van der Waals surface area contributed by atoms with Crippen molar-refractivity contribution < 1.29 is 9.84 Å². The van der Waals surface area contributed by atoms with Crippen LogP contribution in [0.1, 0.15) is 287 Å². The first-order valence-corrected chi connectivity index (χ1v) is 28.5. The molecule has 0 aliphatic heterocycles. The molecule has 0 aromatic heterocycles. The molecule has 0 aliphatic carbocycles. The molecule has 64 heavy (non-hydrogen) atoms. The van der Waals surface area contributed by atoms with Gasteiger partial charge in [0.15, 0.2) is 0 Å². The van der Waals surface area contributed by atoms with Crippen molar-refractivity contribution >= 4 is 6.72 Å². The average molecular weight is 917 g/mol. The Labute approximate surface area is 408 Å². The third kappa shape index (κ3) is 95.5. The zero-order chi connectivity index (χ0) is 49.3. The number of ether oxygens (including phenoxy) is 1. The predicted octanol–water partition coefficient (Wildman–Crippen LogP) is 17.3. The number of nitrogens with zero attached hydrogens (tertiary/aromatic N) is 4. The van der Waals surface area contributed by atoms with Crippen molar-refractivity contribution in [1.82, 2.24) is 20.1 Å². The number of aliphatic hydroxyl groups is 1. The zero-order valence-corrected chi connectivity index (χ0v) is 47.3. The highest BCUT2D eigenvalue weighted by molar-refractivity contribution is 5.22. The monoisotopic (exact) mass is 916 g/mol. The highest BCUT2D eigenvalue weighted by atomic mass is 16.5. The van der Waals surface area contributed by atoms with Crippen LogP contribution in [0.5, 0.6) is 0 Å². The number of aliphatic hydroxyl groups excluding tert-OH is 1. The summed E-state index contributed by atoms with van der Waals surface area (Å²) in [6, 6.07) is 0. The maximum Gasteiger partial charge on any atom is 0.0474 e. The lowest BCUT2D eigenvalue weighted by molar-refractivity contribution is 0.192. The highest BCUT2D eigenvalue weighted by Gasteiger charge is 2.05. The predicted molar refractivity (Wildman–Crippen MR) is 297 cm³/mol. The fourth-order valence-electron chi connectivity index (χ4n) is 6.98. The Morgan fingerprint density at radius 1 is 0.438 bits per heavy atom. The molecule has 0 amide bonds. The molecule has 0 aromatic carbocycles. The minimum atomic E-state index is 0.369. The molecular weight excluding hydrogens is 787 g/mol. The standard InChI is InChI=1S/C30H65N3.C10H22O.C9H20O.C3H8N2.C3H8.C2H6/c1-5-7-9-11-13-14-15-16-17-18-19-20-22-24-28-33(27-23-21-12-10-8-6-2)29-25-26-31-30-32(3)4;1-3-4-5-6-7-8-9-10-11-2;1-2-3-4-5-6-7-8-9-10;1-4-5(2)3;1-3-2;1-2/h31H,5-30H2,1-4H3;3-10H2,1-2H3;10H,2-9H2,1H3;1H2,2-3H3;3H2,1-2H3;1-2H3. The maximum atomic E-state index is 8.47. The summed E-state index contributed by atoms with van der Waals surface area (Å²) in [7, 11) is 9.69. The smallest absolute Gasteiger partial charge is 0.0474 e. The number of hydrogen-bond donors (Lipinski definition) is 2. The minimum Gasteiger partial charge on any atom is -0.396 e. The Bertz CT molecular complexity index is 681. The van der Waals surface area contributed by atoms with Gasteiger partial charge in [-0.15, -0.1) is 0 Å². The molecule has 7 heteroatoms. The summed E-state index contributed by atoms with van der Waals surface area (Å²) < 4.78 is 4.97. The Hall–Kier alpha value is -0.730. The van der Waals surface area contributed by atoms with Gasteiger partial charge in [0.1, 0.15) is 0 Å². The van der Waals surface area contributed by atoms with Crippen molar-refractivity contribution in [1.29, 1.82) is 0 Å². The molecule has 0 spiro atoms. The molecule has 0 unspecified atom stereocenters. The second-order valence-corrected chi connectivity index (χ2v) is 18.5. The molecule has 394 valence electrons. The molecule has 0 heterocycles. The van der Waals surface area contributed by atoms with E-state index in [1.165, 1.54) is 244 Å². The summed E-state index contributed by atoms with van der Waals surface area (Å²) in [6.45, 7) is 27.9. The van der Waals surface area contributed by atoms with Gasteiger partial charge >= 0.3 is 0 Å². The lowest BCUT2D eigenvalue weighted by atomic mass is 10.0. The summed E-state index contributed by atoms with van der Waals surface area (Å²) in [5.74, 6) is 0. The van der Waals surface area contributed by atoms with Crippen LogP contribution >= 0.6 is 0 Å². The van der Waals surface area contributed by atoms with E-state index in [0.29, 0.717) is 6.61 Å². The fraction of sp³-hybridized carbons (Fsp3) is 0.982. The van der Waals surface area contributed by atoms with E-state index in [9.17, 15) is 0 Å². The van der Waals surface area contributed by atoms with Crippen molar-refractivity contribution in [2.45, 2.75) is 287 Å². The number of nitrogens with one attached hydrogen (secondary N) is 1. The molecule has 0 saturated carbocycles. The normalized spacial score (nSPS) is 10.4. The average Bonchev–Trinajstić information content (AvgIpc) is 3.29. The van der Waals surface area contributed by atoms with Gasteiger partial charge in [0.2, 0.25) is 0 Å². The van der Waals surface area contributed by atoms with Gasteiger partial charge < -0.3 is 25.1 Å². The molecule has 0 fully saturated rings. The minimum absolute atomic E-state index is 0.369. The maximum absolute atomic E-state index is 8.47. The van der Waals surface area contributed by atoms with E-state index in [0.717, 1.165) is 26.2 Å². The molecule has 0 radical (unpaired) electrons. The summed E-state index contributed by atoms with van der Waals surface area (Å²) in [5.41, 5.74) is 0. The molecule has 0 bridgehead atoms. The summed E-state index contributed by atoms with van der Waals surface area (Å²) in [5, 5.41) is 17.1. The van der Waals surface area contributed by atoms with Gasteiger partial charge in [0.05, 0.1) is 0 Å². The summed E-state index contributed by atoms with van der Waals surface area (Å²) >= 11 is 0. The van der Waals surface area contributed by atoms with Crippen LogP contribution in [0.4, 0.5) is 0 Å². The third-order valence-electron chi connectivity index (χ3n) is 10.9. The molecule has 0 aliphatic rings. The number of hydrazone groups is 1. The largest absolute Gasteiger partial charge is 0.396 e. The van der Waals surface area contributed by atoms with E-state index in [-0.39, 0.29) is 0 Å². The lowest BCUT2D eigenvalue weighted by Crippen LogP contribution is -2.32. The number of rotatable bonds is 44. The van der Waals surface area contributed by atoms with E-state index < -0.39 is 0 Å². The van der Waals surface area contributed by atoms with E-state index in [1.807, 2.05) is 27.9 Å². The van der Waals surface area contributed by atoms with E-state index in [4.69, 9.17) is 9.84 Å². The topological polar surface area (TPSA) is 63.6 Å². The molecule has 0 rings (SSSR count). The van der Waals surface area contributed by atoms with Crippen molar-refractivity contribution in [2.24, 2.45) is 5.10 Å². The first-order chi connectivity index (χ1) is 31.2. The SMILES string of the molecule is C=NN(C)C.CC.CCC.CCCCCCCCCCCCCCCCN(CCCCCCCC)CCCNCN(C)C.CCCCCCCCCO.CCCCCCCCCOC. The van der Waals surface area contributed by atoms with Crippen LogP contribution in [0.3, 0.4) is 0 Å². The van der Waals surface area contributed by atoms with Gasteiger partial charge in [0.25, 0.3) is 0 Å². The van der Waals surface area contributed by atoms with Gasteiger partial charge in [-0.3, -0.25) is 4.90 Å². The summed E-state index contributed by atoms with van der Waals surface area (Å²) in [6.07, 6.45) is 49.8. The van der Waals surface area contributed by atoms with Crippen LogP contribution in [-0.4, -0.2) is 108 Å². The molecular formula is C57H129N5O2. The Morgan fingerprint density at radius 2 is 0.703 bits per heavy atom. The zero-order valence-electron chi connectivity index (χ0n) is 47.3. The lowest BCUT2D eigenvalue weighted by Gasteiger charge is -2.23. The Kier molecular flexibility index (Phi) is 92.8. The van der Waals surface area contributed by atoms with Gasteiger partial charge in [-0.1, -0.05) is 254 Å². The van der Waals surface area contributed by atoms with Gasteiger partial charge in [-0.05, 0) is 72.4 Å². The van der Waals surface area contributed by atoms with Crippen LogP contribution in [0.25, 0.3) is 0 Å². The van der Waals surface area contributed by atoms with Crippen LogP contribution in [0.15, 0.2) is 5.10 Å². The van der Waals surface area contributed by atoms with Crippen LogP contribution < -0.4 is 5.32 Å². The van der Waals surface area contributed by atoms with E-state index >= 15 is 0 Å². The molecule has 2 N–H and O–H groups in total. The Morgan fingerprint density at radius 3 is 0.969 bits per heavy atom. The summed E-state index contributed by atoms with van der Waals surface area (Å²) in [4.78, 5) is 4.97. The van der Waals surface area contributed by atoms with Gasteiger partial charge in [-0.25, -0.2) is 0 Å². The molecule has 7 nitrogen and oxygen atoms in total. The van der Waals surface area contributed by atoms with Crippen LogP contribution in [-0.2, 0) is 4.74 Å². The van der Waals surface area contributed by atoms with Gasteiger partial charge in [0, 0.05) is 47.8 Å².